The molecule has 2 heterocycles. The van der Waals surface area contributed by atoms with Crippen molar-refractivity contribution in [2.24, 2.45) is 0 Å². The van der Waals surface area contributed by atoms with Gasteiger partial charge in [-0.15, -0.1) is 6.42 Å². The highest BCUT2D eigenvalue weighted by Gasteiger charge is 2.16. The Morgan fingerprint density at radius 3 is 1.92 bits per heavy atom. The van der Waals surface area contributed by atoms with Crippen LogP contribution in [-0.4, -0.2) is 32.0 Å². The molecule has 0 fully saturated rings. The number of aromatic amines is 2. The molecule has 6 nitrogen and oxygen atoms in total. The van der Waals surface area contributed by atoms with E-state index in [2.05, 4.69) is 120 Å². The molecule has 0 aliphatic carbocycles. The summed E-state index contributed by atoms with van der Waals surface area (Å²) in [6.45, 7) is 12.9. The Kier molecular flexibility index (Phi) is 9.40. The molecule has 0 spiro atoms. The lowest BCUT2D eigenvalue weighted by Crippen LogP contribution is -2.30. The Morgan fingerprint density at radius 2 is 1.33 bits per heavy atom. The molecule has 0 aliphatic heterocycles. The van der Waals surface area contributed by atoms with Crippen molar-refractivity contribution in [3.63, 3.8) is 0 Å². The number of aromatic nitrogens is 4. The molecule has 0 saturated heterocycles. The number of terminal acetylenes is 1. The molecule has 4 aromatic rings. The average molecular weight is 523 g/mol. The predicted octanol–water partition coefficient (Wildman–Crippen LogP) is 7.34. The molecule has 6 heteroatoms. The molecular weight excluding hydrogens is 480 g/mol. The predicted molar refractivity (Wildman–Crippen MR) is 162 cm³/mol. The lowest BCUT2D eigenvalue weighted by molar-refractivity contribution is 0.423. The first-order valence-electron chi connectivity index (χ1n) is 14.2. The summed E-state index contributed by atoms with van der Waals surface area (Å²) >= 11 is 0. The standard InChI is InChI=1S/C33H42N6/c1-8-27(9-2)36-22(6)32-34-19-30(38-32)25-14-12-24(13-15-25)26-16-17-29(21(5)18-26)31-20-35-33(39-31)23(7)37-28(10-3)11-4/h1,12-20,22-23,27-28,36-37H,9-11H2,2-7H3,(H,34,38)(H,35,39). The molecule has 4 rings (SSSR count). The van der Waals surface area contributed by atoms with Gasteiger partial charge in [0.15, 0.2) is 0 Å². The van der Waals surface area contributed by atoms with Gasteiger partial charge in [-0.1, -0.05) is 69.2 Å². The molecule has 39 heavy (non-hydrogen) atoms. The Hall–Kier alpha value is -3.66. The van der Waals surface area contributed by atoms with Crippen molar-refractivity contribution in [1.82, 2.24) is 30.6 Å². The maximum Gasteiger partial charge on any atom is 0.123 e. The van der Waals surface area contributed by atoms with E-state index in [-0.39, 0.29) is 18.1 Å². The highest BCUT2D eigenvalue weighted by atomic mass is 15.0. The lowest BCUT2D eigenvalue weighted by atomic mass is 9.97. The summed E-state index contributed by atoms with van der Waals surface area (Å²) < 4.78 is 0. The van der Waals surface area contributed by atoms with Gasteiger partial charge in [-0.05, 0) is 62.3 Å². The quantitative estimate of drug-likeness (QED) is 0.147. The third kappa shape index (κ3) is 6.68. The van der Waals surface area contributed by atoms with Crippen molar-refractivity contribution in [2.45, 2.75) is 85.0 Å². The second-order valence-corrected chi connectivity index (χ2v) is 10.4. The summed E-state index contributed by atoms with van der Waals surface area (Å²) in [6, 6.07) is 16.0. The monoisotopic (exact) mass is 522 g/mol. The van der Waals surface area contributed by atoms with E-state index in [4.69, 9.17) is 6.42 Å². The van der Waals surface area contributed by atoms with Crippen LogP contribution in [0.2, 0.25) is 0 Å². The number of rotatable bonds is 12. The van der Waals surface area contributed by atoms with Gasteiger partial charge in [-0.25, -0.2) is 9.97 Å². The summed E-state index contributed by atoms with van der Waals surface area (Å²) in [7, 11) is 0. The number of nitrogens with one attached hydrogen (secondary N) is 4. The van der Waals surface area contributed by atoms with Crippen molar-refractivity contribution >= 4 is 0 Å². The smallest absolute Gasteiger partial charge is 0.123 e. The molecule has 0 saturated carbocycles. The number of nitrogens with zero attached hydrogens (tertiary/aromatic N) is 2. The van der Waals surface area contributed by atoms with Crippen LogP contribution in [0.5, 0.6) is 0 Å². The van der Waals surface area contributed by atoms with Gasteiger partial charge in [0.2, 0.25) is 0 Å². The zero-order chi connectivity index (χ0) is 27.9. The summed E-state index contributed by atoms with van der Waals surface area (Å²) in [6.07, 6.45) is 12.5. The molecule has 4 N–H and O–H groups in total. The first-order chi connectivity index (χ1) is 18.9. The largest absolute Gasteiger partial charge is 0.341 e. The van der Waals surface area contributed by atoms with E-state index >= 15 is 0 Å². The van der Waals surface area contributed by atoms with Crippen molar-refractivity contribution in [3.05, 3.63) is 72.1 Å². The summed E-state index contributed by atoms with van der Waals surface area (Å²) in [4.78, 5) is 16.2. The summed E-state index contributed by atoms with van der Waals surface area (Å²) in [5, 5.41) is 7.10. The summed E-state index contributed by atoms with van der Waals surface area (Å²) in [5.41, 5.74) is 7.90. The fourth-order valence-electron chi connectivity index (χ4n) is 5.01. The van der Waals surface area contributed by atoms with Crippen LogP contribution in [0.25, 0.3) is 33.6 Å². The van der Waals surface area contributed by atoms with Crippen LogP contribution in [-0.2, 0) is 0 Å². The van der Waals surface area contributed by atoms with E-state index in [9.17, 15) is 0 Å². The van der Waals surface area contributed by atoms with Crippen LogP contribution in [0, 0.1) is 19.3 Å². The second-order valence-electron chi connectivity index (χ2n) is 10.4. The van der Waals surface area contributed by atoms with E-state index in [0.717, 1.165) is 47.9 Å². The van der Waals surface area contributed by atoms with Gasteiger partial charge in [0.05, 0.1) is 41.9 Å². The van der Waals surface area contributed by atoms with Gasteiger partial charge < -0.3 is 15.3 Å². The van der Waals surface area contributed by atoms with E-state index in [0.29, 0.717) is 6.04 Å². The highest BCUT2D eigenvalue weighted by Crippen LogP contribution is 2.30. The molecule has 0 aliphatic rings. The first-order valence-corrected chi connectivity index (χ1v) is 14.2. The van der Waals surface area contributed by atoms with Crippen molar-refractivity contribution in [3.8, 4) is 46.0 Å². The topological polar surface area (TPSA) is 81.4 Å². The molecular formula is C33H42N6. The molecule has 0 bridgehead atoms. The molecule has 2 aromatic carbocycles. The van der Waals surface area contributed by atoms with Gasteiger partial charge in [0, 0.05) is 11.6 Å². The molecule has 3 unspecified atom stereocenters. The van der Waals surface area contributed by atoms with E-state index < -0.39 is 0 Å². The highest BCUT2D eigenvalue weighted by molar-refractivity contribution is 5.73. The molecule has 3 atom stereocenters. The maximum absolute atomic E-state index is 5.60. The fourth-order valence-corrected chi connectivity index (χ4v) is 5.01. The number of H-pyrrole nitrogens is 2. The number of hydrogen-bond acceptors (Lipinski definition) is 4. The number of aryl methyl sites for hydroxylation is 1. The Bertz CT molecular complexity index is 1390. The summed E-state index contributed by atoms with van der Waals surface area (Å²) in [5.74, 6) is 4.65. The number of hydrogen-bond donors (Lipinski definition) is 4. The van der Waals surface area contributed by atoms with Gasteiger partial charge in [-0.2, -0.15) is 0 Å². The zero-order valence-corrected chi connectivity index (χ0v) is 24.1. The van der Waals surface area contributed by atoms with Gasteiger partial charge >= 0.3 is 0 Å². The normalized spacial score (nSPS) is 13.8. The molecule has 0 amide bonds. The fraction of sp³-hybridized carbons (Fsp3) is 0.394. The van der Waals surface area contributed by atoms with E-state index in [1.54, 1.807) is 0 Å². The van der Waals surface area contributed by atoms with Crippen molar-refractivity contribution in [2.75, 3.05) is 0 Å². The minimum Gasteiger partial charge on any atom is -0.341 e. The second kappa shape index (κ2) is 12.9. The Balaban J connectivity index is 1.46. The van der Waals surface area contributed by atoms with Crippen LogP contribution in [0.4, 0.5) is 0 Å². The molecule has 0 radical (unpaired) electrons. The van der Waals surface area contributed by atoms with Gasteiger partial charge in [0.25, 0.3) is 0 Å². The molecule has 204 valence electrons. The third-order valence-corrected chi connectivity index (χ3v) is 7.59. The van der Waals surface area contributed by atoms with Crippen molar-refractivity contribution in [1.29, 1.82) is 0 Å². The van der Waals surface area contributed by atoms with Crippen LogP contribution in [0.1, 0.15) is 83.2 Å². The average Bonchev–Trinajstić information content (AvgIpc) is 3.65. The van der Waals surface area contributed by atoms with Crippen LogP contribution >= 0.6 is 0 Å². The minimum atomic E-state index is 0.0397. The van der Waals surface area contributed by atoms with Crippen LogP contribution < -0.4 is 10.6 Å². The minimum absolute atomic E-state index is 0.0397. The van der Waals surface area contributed by atoms with Crippen LogP contribution in [0.15, 0.2) is 54.9 Å². The van der Waals surface area contributed by atoms with Crippen molar-refractivity contribution < 1.29 is 0 Å². The molecule has 2 aromatic heterocycles. The Morgan fingerprint density at radius 1 is 0.769 bits per heavy atom. The van der Waals surface area contributed by atoms with Crippen LogP contribution in [0.3, 0.4) is 0 Å². The Labute approximate surface area is 233 Å². The van der Waals surface area contributed by atoms with E-state index in [1.807, 2.05) is 12.4 Å². The zero-order valence-electron chi connectivity index (χ0n) is 24.1. The van der Waals surface area contributed by atoms with E-state index in [1.165, 1.54) is 22.3 Å². The maximum atomic E-state index is 5.60. The third-order valence-electron chi connectivity index (χ3n) is 7.59. The SMILES string of the molecule is C#CC(CC)NC(C)c1ncc(-c2ccc(-c3ccc(-c4cnc(C(C)NC(CC)CC)[nH]4)c(C)c3)cc2)[nH]1. The van der Waals surface area contributed by atoms with Gasteiger partial charge in [0.1, 0.15) is 11.6 Å². The first kappa shape index (κ1) is 28.4. The van der Waals surface area contributed by atoms with Gasteiger partial charge in [-0.3, -0.25) is 5.32 Å². The number of imidazole rings is 2. The number of benzene rings is 2. The lowest BCUT2D eigenvalue weighted by Gasteiger charge is -2.19.